The average molecular weight is 474 g/mol. The van der Waals surface area contributed by atoms with Crippen LogP contribution in [-0.2, 0) is 10.9 Å². The highest BCUT2D eigenvalue weighted by Crippen LogP contribution is 2.37. The van der Waals surface area contributed by atoms with Gasteiger partial charge in [-0.3, -0.25) is 4.79 Å². The third-order valence-electron chi connectivity index (χ3n) is 6.35. The van der Waals surface area contributed by atoms with Crippen LogP contribution in [0.1, 0.15) is 60.1 Å². The molecule has 0 atom stereocenters. The number of carbonyl (C=O) groups is 1. The Kier molecular flexibility index (Phi) is 6.16. The molecule has 2 aromatic heterocycles. The van der Waals surface area contributed by atoms with Gasteiger partial charge in [-0.15, -0.1) is 0 Å². The van der Waals surface area contributed by atoms with Crippen LogP contribution in [0.4, 0.5) is 24.5 Å². The fourth-order valence-electron chi connectivity index (χ4n) is 4.58. The van der Waals surface area contributed by atoms with Crippen molar-refractivity contribution in [2.24, 2.45) is 0 Å². The monoisotopic (exact) mass is 474 g/mol. The van der Waals surface area contributed by atoms with E-state index in [0.29, 0.717) is 49.0 Å². The summed E-state index contributed by atoms with van der Waals surface area (Å²) in [6.07, 6.45) is 0.949. The van der Waals surface area contributed by atoms with Crippen molar-refractivity contribution >= 4 is 28.4 Å². The lowest BCUT2D eigenvalue weighted by Gasteiger charge is -2.30. The summed E-state index contributed by atoms with van der Waals surface area (Å²) in [5.74, 6) is 0.248. The van der Waals surface area contributed by atoms with Gasteiger partial charge in [0.15, 0.2) is 11.5 Å². The fourth-order valence-corrected chi connectivity index (χ4v) is 4.58. The van der Waals surface area contributed by atoms with Crippen molar-refractivity contribution in [3.8, 4) is 0 Å². The molecule has 1 aliphatic carbocycles. The van der Waals surface area contributed by atoms with Crippen LogP contribution in [0, 0.1) is 0 Å². The van der Waals surface area contributed by atoms with Crippen LogP contribution in [0.5, 0.6) is 0 Å². The quantitative estimate of drug-likeness (QED) is 0.547. The molecule has 34 heavy (non-hydrogen) atoms. The lowest BCUT2D eigenvalue weighted by atomic mass is 9.89. The Labute approximate surface area is 194 Å². The topological polar surface area (TPSA) is 80.5 Å². The number of alkyl halides is 3. The minimum absolute atomic E-state index is 0.278. The van der Waals surface area contributed by atoms with E-state index in [1.165, 1.54) is 18.6 Å². The molecule has 5 rings (SSSR count). The number of amides is 1. The number of morpholine rings is 1. The Hall–Kier alpha value is -3.14. The van der Waals surface area contributed by atoms with Gasteiger partial charge in [-0.25, -0.2) is 9.97 Å². The number of nitrogens with one attached hydrogen (secondary N) is 1. The summed E-state index contributed by atoms with van der Waals surface area (Å²) in [5.41, 5.74) is 0.950. The number of rotatable bonds is 4. The molecule has 0 radical (unpaired) electrons. The van der Waals surface area contributed by atoms with Gasteiger partial charge in [0.25, 0.3) is 5.91 Å². The molecule has 2 fully saturated rings. The zero-order valence-electron chi connectivity index (χ0n) is 18.5. The van der Waals surface area contributed by atoms with Gasteiger partial charge >= 0.3 is 6.18 Å². The summed E-state index contributed by atoms with van der Waals surface area (Å²) in [4.78, 5) is 23.2. The van der Waals surface area contributed by atoms with Gasteiger partial charge in [-0.05, 0) is 31.0 Å². The highest BCUT2D eigenvalue weighted by atomic mass is 19.4. The maximum Gasteiger partial charge on any atom is 0.433 e. The van der Waals surface area contributed by atoms with Crippen LogP contribution in [0.3, 0.4) is 0 Å². The molecule has 1 saturated carbocycles. The van der Waals surface area contributed by atoms with E-state index in [1.54, 1.807) is 6.07 Å². The summed E-state index contributed by atoms with van der Waals surface area (Å²) in [7, 11) is 0. The van der Waals surface area contributed by atoms with Crippen molar-refractivity contribution in [3.05, 3.63) is 47.6 Å². The molecule has 0 bridgehead atoms. The molecular weight excluding hydrogens is 449 g/mol. The minimum Gasteiger partial charge on any atom is -0.440 e. The van der Waals surface area contributed by atoms with Gasteiger partial charge in [0.1, 0.15) is 16.9 Å². The molecule has 1 N–H and O–H groups in total. The molecule has 2 aliphatic rings. The fraction of sp³-hybridized carbons (Fsp3) is 0.458. The van der Waals surface area contributed by atoms with Crippen LogP contribution < -0.4 is 10.2 Å². The molecule has 10 heteroatoms. The van der Waals surface area contributed by atoms with E-state index in [2.05, 4.69) is 15.2 Å². The van der Waals surface area contributed by atoms with Crippen molar-refractivity contribution in [3.63, 3.8) is 0 Å². The van der Waals surface area contributed by atoms with Crippen LogP contribution in [0.15, 0.2) is 34.7 Å². The number of anilines is 2. The Balaban J connectivity index is 1.49. The largest absolute Gasteiger partial charge is 0.440 e. The number of hydrogen-bond donors (Lipinski definition) is 1. The van der Waals surface area contributed by atoms with E-state index in [1.807, 2.05) is 6.07 Å². The number of hydrogen-bond acceptors (Lipinski definition) is 6. The predicted molar refractivity (Wildman–Crippen MR) is 120 cm³/mol. The minimum atomic E-state index is -4.64. The number of benzene rings is 1. The lowest BCUT2D eigenvalue weighted by molar-refractivity contribution is -0.141. The predicted octanol–water partition coefficient (Wildman–Crippen LogP) is 5.38. The molecule has 3 aromatic rings. The SMILES string of the molecule is O=C(Nc1cc2oc(C3CCCCC3)nc2cc1N1CCOCC1)c1cccc(C(F)(F)F)n1. The molecule has 1 aromatic carbocycles. The molecule has 0 unspecified atom stereocenters. The van der Waals surface area contributed by atoms with Crippen LogP contribution in [0.2, 0.25) is 0 Å². The van der Waals surface area contributed by atoms with Gasteiger partial charge in [0, 0.05) is 25.1 Å². The van der Waals surface area contributed by atoms with Gasteiger partial charge in [0.05, 0.1) is 24.6 Å². The normalized spacial score (nSPS) is 17.8. The first-order chi connectivity index (χ1) is 16.4. The Morgan fingerprint density at radius 2 is 1.82 bits per heavy atom. The van der Waals surface area contributed by atoms with Gasteiger partial charge in [-0.2, -0.15) is 13.2 Å². The number of pyridine rings is 1. The van der Waals surface area contributed by atoms with E-state index in [9.17, 15) is 18.0 Å². The molecule has 1 aliphatic heterocycles. The zero-order chi connectivity index (χ0) is 23.7. The summed E-state index contributed by atoms with van der Waals surface area (Å²) in [6.45, 7) is 2.30. The molecule has 7 nitrogen and oxygen atoms in total. The van der Waals surface area contributed by atoms with Crippen molar-refractivity contribution in [2.45, 2.75) is 44.2 Å². The van der Waals surface area contributed by atoms with E-state index in [4.69, 9.17) is 14.1 Å². The third-order valence-corrected chi connectivity index (χ3v) is 6.35. The Bertz CT molecular complexity index is 1180. The molecule has 1 saturated heterocycles. The second-order valence-corrected chi connectivity index (χ2v) is 8.68. The van der Waals surface area contributed by atoms with Crippen molar-refractivity contribution in [1.29, 1.82) is 0 Å². The van der Waals surface area contributed by atoms with E-state index < -0.39 is 17.8 Å². The average Bonchev–Trinajstić information content (AvgIpc) is 3.27. The number of oxazole rings is 1. The van der Waals surface area contributed by atoms with Crippen LogP contribution >= 0.6 is 0 Å². The number of carbonyl (C=O) groups excluding carboxylic acids is 1. The van der Waals surface area contributed by atoms with Gasteiger partial charge in [0.2, 0.25) is 0 Å². The highest BCUT2D eigenvalue weighted by molar-refractivity contribution is 6.06. The number of fused-ring (bicyclic) bond motifs is 1. The summed E-state index contributed by atoms with van der Waals surface area (Å²) in [6, 6.07) is 6.83. The van der Waals surface area contributed by atoms with E-state index in [-0.39, 0.29) is 11.6 Å². The van der Waals surface area contributed by atoms with Crippen molar-refractivity contribution in [1.82, 2.24) is 9.97 Å². The van der Waals surface area contributed by atoms with E-state index in [0.717, 1.165) is 37.4 Å². The first-order valence-corrected chi connectivity index (χ1v) is 11.5. The van der Waals surface area contributed by atoms with E-state index >= 15 is 0 Å². The number of nitrogens with zero attached hydrogens (tertiary/aromatic N) is 3. The maximum absolute atomic E-state index is 13.1. The lowest BCUT2D eigenvalue weighted by Crippen LogP contribution is -2.36. The van der Waals surface area contributed by atoms with Crippen LogP contribution in [0.25, 0.3) is 11.1 Å². The third kappa shape index (κ3) is 4.72. The molecule has 0 spiro atoms. The molecule has 3 heterocycles. The standard InChI is InChI=1S/C24H25F3N4O3/c25-24(26,27)21-8-4-7-16(28-21)22(32)29-17-14-20-18(13-19(17)31-9-11-33-12-10-31)30-23(34-20)15-5-2-1-3-6-15/h4,7-8,13-15H,1-3,5-6,9-12H2,(H,29,32). The van der Waals surface area contributed by atoms with Crippen molar-refractivity contribution < 1.29 is 27.1 Å². The molecular formula is C24H25F3N4O3. The van der Waals surface area contributed by atoms with Gasteiger partial charge in [-0.1, -0.05) is 25.3 Å². The molecule has 1 amide bonds. The second-order valence-electron chi connectivity index (χ2n) is 8.68. The Morgan fingerprint density at radius 3 is 2.56 bits per heavy atom. The Morgan fingerprint density at radius 1 is 1.06 bits per heavy atom. The summed E-state index contributed by atoms with van der Waals surface area (Å²) >= 11 is 0. The first-order valence-electron chi connectivity index (χ1n) is 11.5. The molecule has 180 valence electrons. The number of halogens is 3. The van der Waals surface area contributed by atoms with Crippen LogP contribution in [-0.4, -0.2) is 42.2 Å². The summed E-state index contributed by atoms with van der Waals surface area (Å²) < 4.78 is 50.7. The zero-order valence-corrected chi connectivity index (χ0v) is 18.5. The van der Waals surface area contributed by atoms with Gasteiger partial charge < -0.3 is 19.4 Å². The highest BCUT2D eigenvalue weighted by Gasteiger charge is 2.33. The number of aromatic nitrogens is 2. The number of ether oxygens (including phenoxy) is 1. The second kappa shape index (κ2) is 9.25. The first kappa shape index (κ1) is 22.6. The van der Waals surface area contributed by atoms with Crippen molar-refractivity contribution in [2.75, 3.05) is 36.5 Å². The smallest absolute Gasteiger partial charge is 0.433 e. The maximum atomic E-state index is 13.1. The summed E-state index contributed by atoms with van der Waals surface area (Å²) in [5, 5.41) is 2.74.